The van der Waals surface area contributed by atoms with E-state index in [-0.39, 0.29) is 0 Å². The van der Waals surface area contributed by atoms with Crippen molar-refractivity contribution < 1.29 is 0 Å². The highest BCUT2D eigenvalue weighted by molar-refractivity contribution is 5.11. The molecule has 1 heteroatoms. The molecule has 0 spiro atoms. The fourth-order valence-corrected chi connectivity index (χ4v) is 1.68. The molecule has 0 unspecified atom stereocenters. The Balaban J connectivity index is 0.000000322. The molecule has 0 aromatic carbocycles. The Kier molecular flexibility index (Phi) is 11.1. The molecule has 0 atom stereocenters. The van der Waals surface area contributed by atoms with Gasteiger partial charge >= 0.3 is 0 Å². The van der Waals surface area contributed by atoms with Gasteiger partial charge in [-0.1, -0.05) is 45.1 Å². The van der Waals surface area contributed by atoms with Crippen LogP contribution in [0.1, 0.15) is 46.5 Å². The molecule has 0 N–H and O–H groups in total. The molecule has 0 fully saturated rings. The Bertz CT molecular complexity index is 146. The van der Waals surface area contributed by atoms with Gasteiger partial charge in [0.25, 0.3) is 0 Å². The van der Waals surface area contributed by atoms with Gasteiger partial charge in [0.05, 0.1) is 0 Å². The zero-order valence-electron chi connectivity index (χ0n) is 10.7. The molecular weight excluding hydrogens is 182 g/mol. The molecule has 0 bridgehead atoms. The molecule has 1 rings (SSSR count). The molecule has 0 radical (unpaired) electrons. The number of hydrogen-bond acceptors (Lipinski definition) is 1. The van der Waals surface area contributed by atoms with Crippen molar-refractivity contribution >= 4 is 0 Å². The second kappa shape index (κ2) is 11.5. The minimum absolute atomic E-state index is 1.14. The lowest BCUT2D eigenvalue weighted by Crippen LogP contribution is -2.25. The van der Waals surface area contributed by atoms with E-state index in [1.54, 1.807) is 0 Å². The molecule has 0 saturated carbocycles. The molecule has 0 heterocycles. The van der Waals surface area contributed by atoms with Gasteiger partial charge in [0, 0.05) is 0 Å². The highest BCUT2D eigenvalue weighted by Crippen LogP contribution is 1.95. The van der Waals surface area contributed by atoms with E-state index >= 15 is 0 Å². The molecule has 1 aliphatic carbocycles. The summed E-state index contributed by atoms with van der Waals surface area (Å²) in [4.78, 5) is 2.54. The van der Waals surface area contributed by atoms with Gasteiger partial charge in [-0.25, -0.2) is 0 Å². The summed E-state index contributed by atoms with van der Waals surface area (Å²) >= 11 is 0. The highest BCUT2D eigenvalue weighted by atomic mass is 15.1. The normalized spacial score (nSPS) is 13.1. The van der Waals surface area contributed by atoms with Crippen LogP contribution in [-0.4, -0.2) is 24.5 Å². The van der Waals surface area contributed by atoms with Gasteiger partial charge in [-0.2, -0.15) is 0 Å². The van der Waals surface area contributed by atoms with Crippen molar-refractivity contribution in [3.63, 3.8) is 0 Å². The second-order valence-electron chi connectivity index (χ2n) is 3.93. The quantitative estimate of drug-likeness (QED) is 0.638. The molecule has 88 valence electrons. The van der Waals surface area contributed by atoms with E-state index in [9.17, 15) is 0 Å². The summed E-state index contributed by atoms with van der Waals surface area (Å²) in [7, 11) is 0. The Morgan fingerprint density at radius 1 is 0.800 bits per heavy atom. The maximum absolute atomic E-state index is 2.54. The summed E-state index contributed by atoms with van der Waals surface area (Å²) in [5.74, 6) is 0. The smallest absolute Gasteiger partial charge is 0.00214 e. The Hall–Kier alpha value is -0.560. The molecule has 0 aromatic rings. The highest BCUT2D eigenvalue weighted by Gasteiger charge is 1.98. The van der Waals surface area contributed by atoms with E-state index in [2.05, 4.69) is 50.0 Å². The minimum atomic E-state index is 1.14. The van der Waals surface area contributed by atoms with Crippen molar-refractivity contribution in [3.8, 4) is 0 Å². The number of hydrogen-bond donors (Lipinski definition) is 0. The molecular formula is C14H27N. The molecule has 0 amide bonds. The van der Waals surface area contributed by atoms with Gasteiger partial charge in [0.2, 0.25) is 0 Å². The van der Waals surface area contributed by atoms with Crippen LogP contribution in [0.25, 0.3) is 0 Å². The number of nitrogens with zero attached hydrogens (tertiary/aromatic N) is 1. The molecule has 0 aliphatic heterocycles. The Labute approximate surface area is 95.9 Å². The van der Waals surface area contributed by atoms with Crippen LogP contribution in [0.5, 0.6) is 0 Å². The van der Waals surface area contributed by atoms with Crippen molar-refractivity contribution in [2.45, 2.75) is 46.5 Å². The second-order valence-corrected chi connectivity index (χ2v) is 3.93. The van der Waals surface area contributed by atoms with Gasteiger partial charge in [-0.3, -0.25) is 0 Å². The van der Waals surface area contributed by atoms with Crippen LogP contribution >= 0.6 is 0 Å². The predicted molar refractivity (Wildman–Crippen MR) is 70.2 cm³/mol. The first kappa shape index (κ1) is 14.4. The zero-order valence-corrected chi connectivity index (χ0v) is 10.7. The van der Waals surface area contributed by atoms with Crippen LogP contribution in [0.3, 0.4) is 0 Å². The first-order valence-electron chi connectivity index (χ1n) is 6.39. The third-order valence-electron chi connectivity index (χ3n) is 2.27. The predicted octanol–water partition coefficient (Wildman–Crippen LogP) is 4.02. The third kappa shape index (κ3) is 9.74. The van der Waals surface area contributed by atoms with Gasteiger partial charge in [0.15, 0.2) is 0 Å². The Morgan fingerprint density at radius 3 is 1.40 bits per heavy atom. The van der Waals surface area contributed by atoms with Gasteiger partial charge in [-0.15, -0.1) is 0 Å². The van der Waals surface area contributed by atoms with Crippen molar-refractivity contribution in [2.75, 3.05) is 19.6 Å². The molecule has 0 saturated heterocycles. The maximum Gasteiger partial charge on any atom is -0.00214 e. The third-order valence-corrected chi connectivity index (χ3v) is 2.27. The van der Waals surface area contributed by atoms with E-state index in [4.69, 9.17) is 0 Å². The van der Waals surface area contributed by atoms with Crippen molar-refractivity contribution in [1.82, 2.24) is 4.90 Å². The van der Waals surface area contributed by atoms with Gasteiger partial charge < -0.3 is 4.90 Å². The van der Waals surface area contributed by atoms with E-state index in [0.29, 0.717) is 0 Å². The first-order valence-corrected chi connectivity index (χ1v) is 6.39. The van der Waals surface area contributed by atoms with Crippen molar-refractivity contribution in [1.29, 1.82) is 0 Å². The molecule has 15 heavy (non-hydrogen) atoms. The van der Waals surface area contributed by atoms with E-state index in [1.807, 2.05) is 0 Å². The maximum atomic E-state index is 2.54. The van der Waals surface area contributed by atoms with Gasteiger partial charge in [-0.05, 0) is 45.3 Å². The monoisotopic (exact) mass is 209 g/mol. The molecule has 1 aliphatic rings. The standard InChI is InChI=1S/C9H21N.C5H6/c1-4-7-10(8-5-2)9-6-3;1-2-4-5-3-1/h4-9H2,1-3H3;1-4H,5H2. The lowest BCUT2D eigenvalue weighted by atomic mass is 10.3. The molecule has 0 aromatic heterocycles. The van der Waals surface area contributed by atoms with Crippen LogP contribution in [0.4, 0.5) is 0 Å². The average Bonchev–Trinajstić information content (AvgIpc) is 2.77. The summed E-state index contributed by atoms with van der Waals surface area (Å²) in [6.45, 7) is 10.6. The van der Waals surface area contributed by atoms with Crippen molar-refractivity contribution in [2.24, 2.45) is 0 Å². The van der Waals surface area contributed by atoms with E-state index in [0.717, 1.165) is 6.42 Å². The summed E-state index contributed by atoms with van der Waals surface area (Å²) < 4.78 is 0. The van der Waals surface area contributed by atoms with Crippen LogP contribution in [0, 0.1) is 0 Å². The Morgan fingerprint density at radius 2 is 1.20 bits per heavy atom. The zero-order chi connectivity index (χ0) is 11.4. The molecule has 1 nitrogen and oxygen atoms in total. The van der Waals surface area contributed by atoms with Crippen LogP contribution < -0.4 is 0 Å². The summed E-state index contributed by atoms with van der Waals surface area (Å²) in [5.41, 5.74) is 0. The number of allylic oxidation sites excluding steroid dienone is 4. The fourth-order valence-electron chi connectivity index (χ4n) is 1.68. The SMILES string of the molecule is C1=CCC=C1.CCCN(CCC)CCC. The number of rotatable bonds is 6. The van der Waals surface area contributed by atoms with Crippen LogP contribution in [0.2, 0.25) is 0 Å². The largest absolute Gasteiger partial charge is 0.303 e. The van der Waals surface area contributed by atoms with E-state index < -0.39 is 0 Å². The van der Waals surface area contributed by atoms with Crippen LogP contribution in [-0.2, 0) is 0 Å². The lowest BCUT2D eigenvalue weighted by molar-refractivity contribution is 0.275. The van der Waals surface area contributed by atoms with E-state index in [1.165, 1.54) is 38.9 Å². The minimum Gasteiger partial charge on any atom is -0.303 e. The van der Waals surface area contributed by atoms with Gasteiger partial charge in [0.1, 0.15) is 0 Å². The summed E-state index contributed by atoms with van der Waals surface area (Å²) in [6.07, 6.45) is 13.4. The van der Waals surface area contributed by atoms with Crippen molar-refractivity contribution in [3.05, 3.63) is 24.3 Å². The topological polar surface area (TPSA) is 3.24 Å². The first-order chi connectivity index (χ1) is 7.35. The average molecular weight is 209 g/mol. The van der Waals surface area contributed by atoms with Crippen LogP contribution in [0.15, 0.2) is 24.3 Å². The fraction of sp³-hybridized carbons (Fsp3) is 0.714. The summed E-state index contributed by atoms with van der Waals surface area (Å²) in [5, 5.41) is 0. The lowest BCUT2D eigenvalue weighted by Gasteiger charge is -2.19. The summed E-state index contributed by atoms with van der Waals surface area (Å²) in [6, 6.07) is 0.